The molecular weight excluding hydrogens is 236 g/mol. The van der Waals surface area contributed by atoms with Gasteiger partial charge >= 0.3 is 0 Å². The van der Waals surface area contributed by atoms with Crippen molar-refractivity contribution in [2.75, 3.05) is 11.6 Å². The average Bonchev–Trinajstić information content (AvgIpc) is 2.95. The third-order valence-electron chi connectivity index (χ3n) is 3.41. The Morgan fingerprint density at radius 2 is 1.63 bits per heavy atom. The van der Waals surface area contributed by atoms with Crippen molar-refractivity contribution in [2.45, 2.75) is 5.41 Å². The molecule has 3 nitrogen and oxygen atoms in total. The van der Waals surface area contributed by atoms with Crippen LogP contribution in [0.25, 0.3) is 0 Å². The molecule has 1 atom stereocenters. The van der Waals surface area contributed by atoms with Crippen molar-refractivity contribution >= 4 is 18.2 Å². The van der Waals surface area contributed by atoms with Crippen LogP contribution < -0.4 is 5.01 Å². The summed E-state index contributed by atoms with van der Waals surface area (Å²) in [6.07, 6.45) is 2.72. The summed E-state index contributed by atoms with van der Waals surface area (Å²) in [6.45, 7) is 0.546. The van der Waals surface area contributed by atoms with Gasteiger partial charge in [0.2, 0.25) is 0 Å². The van der Waals surface area contributed by atoms with Gasteiger partial charge in [-0.05, 0) is 17.7 Å². The van der Waals surface area contributed by atoms with Crippen molar-refractivity contribution in [1.82, 2.24) is 0 Å². The molecule has 0 amide bonds. The van der Waals surface area contributed by atoms with Crippen LogP contribution in [0.3, 0.4) is 0 Å². The third-order valence-corrected chi connectivity index (χ3v) is 3.41. The Balaban J connectivity index is 1.92. The largest absolute Gasteiger partial charge is 0.302 e. The van der Waals surface area contributed by atoms with Gasteiger partial charge in [-0.1, -0.05) is 48.5 Å². The Hall–Kier alpha value is -2.42. The van der Waals surface area contributed by atoms with Gasteiger partial charge in [0.1, 0.15) is 11.7 Å². The number of carbonyl (C=O) groups is 1. The minimum atomic E-state index is -0.642. The molecule has 2 aromatic rings. The summed E-state index contributed by atoms with van der Waals surface area (Å²) in [5.74, 6) is 0. The van der Waals surface area contributed by atoms with E-state index in [9.17, 15) is 4.79 Å². The lowest BCUT2D eigenvalue weighted by Gasteiger charge is -2.22. The predicted molar refractivity (Wildman–Crippen MR) is 76.5 cm³/mol. The van der Waals surface area contributed by atoms with Gasteiger partial charge in [-0.2, -0.15) is 5.10 Å². The molecule has 2 aromatic carbocycles. The van der Waals surface area contributed by atoms with Crippen LogP contribution in [-0.2, 0) is 10.2 Å². The van der Waals surface area contributed by atoms with Crippen LogP contribution >= 0.6 is 0 Å². The van der Waals surface area contributed by atoms with E-state index in [2.05, 4.69) is 5.10 Å². The average molecular weight is 250 g/mol. The van der Waals surface area contributed by atoms with Crippen molar-refractivity contribution in [1.29, 1.82) is 0 Å². The molecule has 0 aromatic heterocycles. The summed E-state index contributed by atoms with van der Waals surface area (Å²) in [6, 6.07) is 19.6. The first-order valence-corrected chi connectivity index (χ1v) is 6.24. The lowest BCUT2D eigenvalue weighted by Crippen LogP contribution is -2.35. The smallest absolute Gasteiger partial charge is 0.137 e. The van der Waals surface area contributed by atoms with Crippen LogP contribution in [0.1, 0.15) is 5.56 Å². The van der Waals surface area contributed by atoms with Gasteiger partial charge in [0.25, 0.3) is 0 Å². The summed E-state index contributed by atoms with van der Waals surface area (Å²) in [5.41, 5.74) is 1.34. The van der Waals surface area contributed by atoms with Crippen molar-refractivity contribution in [2.24, 2.45) is 5.10 Å². The van der Waals surface area contributed by atoms with E-state index in [1.807, 2.05) is 65.7 Å². The summed E-state index contributed by atoms with van der Waals surface area (Å²) in [4.78, 5) is 11.6. The lowest BCUT2D eigenvalue weighted by molar-refractivity contribution is -0.110. The maximum Gasteiger partial charge on any atom is 0.137 e. The van der Waals surface area contributed by atoms with Gasteiger partial charge in [0, 0.05) is 6.21 Å². The highest BCUT2D eigenvalue weighted by atomic mass is 16.1. The molecule has 0 N–H and O–H groups in total. The quantitative estimate of drug-likeness (QED) is 0.784. The summed E-state index contributed by atoms with van der Waals surface area (Å²) >= 11 is 0. The van der Waals surface area contributed by atoms with E-state index in [1.54, 1.807) is 6.21 Å². The van der Waals surface area contributed by atoms with Crippen LogP contribution in [0, 0.1) is 0 Å². The molecule has 3 heteroatoms. The molecule has 94 valence electrons. The Labute approximate surface area is 112 Å². The fraction of sp³-hybridized carbons (Fsp3) is 0.125. The number of aldehydes is 1. The monoisotopic (exact) mass is 250 g/mol. The molecule has 0 spiro atoms. The molecule has 0 aliphatic carbocycles. The number of para-hydroxylation sites is 1. The zero-order chi connectivity index (χ0) is 13.1. The van der Waals surface area contributed by atoms with Crippen molar-refractivity contribution in [3.63, 3.8) is 0 Å². The Morgan fingerprint density at radius 1 is 1.00 bits per heavy atom. The van der Waals surface area contributed by atoms with E-state index in [0.717, 1.165) is 17.5 Å². The molecule has 0 bridgehead atoms. The van der Waals surface area contributed by atoms with Gasteiger partial charge in [0.05, 0.1) is 12.2 Å². The number of nitrogens with zero attached hydrogens (tertiary/aromatic N) is 2. The molecule has 1 heterocycles. The van der Waals surface area contributed by atoms with Crippen LogP contribution in [0.5, 0.6) is 0 Å². The van der Waals surface area contributed by atoms with Crippen LogP contribution in [-0.4, -0.2) is 19.0 Å². The second-order valence-corrected chi connectivity index (χ2v) is 4.66. The van der Waals surface area contributed by atoms with E-state index in [-0.39, 0.29) is 0 Å². The molecule has 19 heavy (non-hydrogen) atoms. The highest BCUT2D eigenvalue weighted by Crippen LogP contribution is 2.29. The van der Waals surface area contributed by atoms with E-state index >= 15 is 0 Å². The fourth-order valence-electron chi connectivity index (χ4n) is 2.31. The SMILES string of the molecule is O=CC1(c2ccccc2)C=NN(c2ccccc2)C1. The number of rotatable bonds is 3. The fourth-order valence-corrected chi connectivity index (χ4v) is 2.31. The lowest BCUT2D eigenvalue weighted by atomic mass is 9.83. The number of benzene rings is 2. The first kappa shape index (κ1) is 11.7. The summed E-state index contributed by atoms with van der Waals surface area (Å²) in [7, 11) is 0. The summed E-state index contributed by atoms with van der Waals surface area (Å²) < 4.78 is 0. The zero-order valence-corrected chi connectivity index (χ0v) is 10.4. The Kier molecular flexibility index (Phi) is 2.88. The molecule has 3 rings (SSSR count). The maximum atomic E-state index is 11.6. The standard InChI is InChI=1S/C16H14N2O/c19-13-16(14-7-3-1-4-8-14)11-17-18(12-16)15-9-5-2-6-10-15/h1-11,13H,12H2. The minimum absolute atomic E-state index is 0.546. The normalized spacial score (nSPS) is 21.6. The number of anilines is 1. The van der Waals surface area contributed by atoms with Crippen molar-refractivity contribution in [3.05, 3.63) is 66.2 Å². The third kappa shape index (κ3) is 2.03. The van der Waals surface area contributed by atoms with E-state index in [4.69, 9.17) is 0 Å². The Morgan fingerprint density at radius 3 is 2.26 bits per heavy atom. The first-order chi connectivity index (χ1) is 9.34. The summed E-state index contributed by atoms with van der Waals surface area (Å²) in [5, 5.41) is 6.25. The van der Waals surface area contributed by atoms with Crippen LogP contribution in [0.15, 0.2) is 65.8 Å². The molecule has 0 fully saturated rings. The first-order valence-electron chi connectivity index (χ1n) is 6.24. The minimum Gasteiger partial charge on any atom is -0.302 e. The van der Waals surface area contributed by atoms with Crippen molar-refractivity contribution < 1.29 is 4.79 Å². The second-order valence-electron chi connectivity index (χ2n) is 4.66. The van der Waals surface area contributed by atoms with Gasteiger partial charge in [0.15, 0.2) is 0 Å². The highest BCUT2D eigenvalue weighted by molar-refractivity contribution is 5.97. The van der Waals surface area contributed by atoms with Crippen LogP contribution in [0.4, 0.5) is 5.69 Å². The van der Waals surface area contributed by atoms with Gasteiger partial charge in [-0.15, -0.1) is 0 Å². The molecule has 1 aliphatic heterocycles. The molecule has 0 radical (unpaired) electrons. The second kappa shape index (κ2) is 4.69. The molecular formula is C16H14N2O. The number of carbonyl (C=O) groups excluding carboxylic acids is 1. The topological polar surface area (TPSA) is 32.7 Å². The van der Waals surface area contributed by atoms with E-state index in [1.165, 1.54) is 0 Å². The predicted octanol–water partition coefficient (Wildman–Crippen LogP) is 2.63. The van der Waals surface area contributed by atoms with Gasteiger partial charge in [-0.3, -0.25) is 5.01 Å². The number of hydrogen-bond donors (Lipinski definition) is 0. The van der Waals surface area contributed by atoms with Crippen LogP contribution in [0.2, 0.25) is 0 Å². The maximum absolute atomic E-state index is 11.6. The molecule has 0 saturated carbocycles. The number of hydrazone groups is 1. The molecule has 0 saturated heterocycles. The number of hydrogen-bond acceptors (Lipinski definition) is 3. The zero-order valence-electron chi connectivity index (χ0n) is 10.4. The molecule has 1 aliphatic rings. The van der Waals surface area contributed by atoms with E-state index < -0.39 is 5.41 Å². The van der Waals surface area contributed by atoms with Gasteiger partial charge in [-0.25, -0.2) is 0 Å². The van der Waals surface area contributed by atoms with E-state index in [0.29, 0.717) is 6.54 Å². The Bertz CT molecular complexity index is 595. The van der Waals surface area contributed by atoms with Crippen molar-refractivity contribution in [3.8, 4) is 0 Å². The molecule has 1 unspecified atom stereocenters. The highest BCUT2D eigenvalue weighted by Gasteiger charge is 2.37. The van der Waals surface area contributed by atoms with Gasteiger partial charge < -0.3 is 4.79 Å².